The first-order valence-electron chi connectivity index (χ1n) is 12.4. The summed E-state index contributed by atoms with van der Waals surface area (Å²) in [4.78, 5) is 51.5. The number of aliphatic hydroxyl groups excluding tert-OH is 2. The molecule has 1 aromatic rings. The van der Waals surface area contributed by atoms with E-state index in [9.17, 15) is 39.6 Å². The van der Waals surface area contributed by atoms with Gasteiger partial charge in [-0.05, 0) is 38.2 Å². The Balaban J connectivity index is 1.86. The molecule has 0 radical (unpaired) electrons. The number of hydrogen-bond acceptors (Lipinski definition) is 8. The molecule has 0 aromatic heterocycles. The van der Waals surface area contributed by atoms with Gasteiger partial charge in [0.25, 0.3) is 0 Å². The van der Waals surface area contributed by atoms with Gasteiger partial charge < -0.3 is 20.4 Å². The molecule has 192 valence electrons. The molecule has 8 heteroatoms. The number of aliphatic hydroxyl groups is 3. The average Bonchev–Trinajstić information content (AvgIpc) is 2.81. The van der Waals surface area contributed by atoms with Crippen molar-refractivity contribution in [3.8, 4) is 5.75 Å². The maximum absolute atomic E-state index is 13.7. The fraction of sp³-hybridized carbons (Fsp3) is 0.500. The fourth-order valence-electron chi connectivity index (χ4n) is 6.24. The zero-order valence-electron chi connectivity index (χ0n) is 20.9. The zero-order chi connectivity index (χ0) is 26.7. The number of carbonyl (C=O) groups is 4. The molecule has 5 unspecified atom stereocenters. The number of benzene rings is 1. The van der Waals surface area contributed by atoms with E-state index >= 15 is 0 Å². The van der Waals surface area contributed by atoms with Crippen LogP contribution in [-0.4, -0.2) is 55.3 Å². The normalized spacial score (nSPS) is 29.6. The van der Waals surface area contributed by atoms with Crippen molar-refractivity contribution < 1.29 is 39.6 Å². The molecule has 3 aliphatic carbocycles. The minimum atomic E-state index is -2.71. The Morgan fingerprint density at radius 2 is 1.81 bits per heavy atom. The summed E-state index contributed by atoms with van der Waals surface area (Å²) in [5.41, 5.74) is -2.20. The topological polar surface area (TPSA) is 149 Å². The van der Waals surface area contributed by atoms with Gasteiger partial charge in [-0.25, -0.2) is 0 Å². The number of fused-ring (bicyclic) bond motifs is 3. The van der Waals surface area contributed by atoms with Crippen molar-refractivity contribution in [3.05, 3.63) is 45.5 Å². The molecule has 3 aliphatic rings. The van der Waals surface area contributed by atoms with E-state index in [1.165, 1.54) is 6.92 Å². The molecule has 0 amide bonds. The highest BCUT2D eigenvalue weighted by Gasteiger charge is 2.65. The van der Waals surface area contributed by atoms with Crippen LogP contribution in [-0.2, 0) is 25.6 Å². The van der Waals surface area contributed by atoms with Crippen molar-refractivity contribution in [1.29, 1.82) is 0 Å². The van der Waals surface area contributed by atoms with Crippen molar-refractivity contribution in [3.63, 3.8) is 0 Å². The first-order valence-corrected chi connectivity index (χ1v) is 12.4. The van der Waals surface area contributed by atoms with Gasteiger partial charge in [0.2, 0.25) is 11.6 Å². The van der Waals surface area contributed by atoms with Gasteiger partial charge in [0.05, 0.1) is 17.2 Å². The molecule has 5 atom stereocenters. The average molecular weight is 497 g/mol. The van der Waals surface area contributed by atoms with E-state index in [0.29, 0.717) is 23.1 Å². The van der Waals surface area contributed by atoms with Crippen molar-refractivity contribution in [2.24, 2.45) is 11.8 Å². The SMILES string of the molecule is CCCCC(=O)Cc1ccc2c(c1O)C(O)=C1C(=O)C3(O)C(=O)C(C(C)=O)=C(C)CC3C(O)C1C2C. The number of rotatable bonds is 6. The Hall–Kier alpha value is -3.10. The standard InChI is InChI=1S/C28H32O8/c1-5-6-7-16(30)11-15-8-9-17-13(3)20-22(25(33)21(17)23(15)31)27(35)28(36)18(24(20)32)10-12(2)19(14(4)29)26(28)34/h8-9,13,18,20,24,31-33,36H,5-7,10-11H2,1-4H3. The minimum Gasteiger partial charge on any atom is -0.507 e. The predicted molar refractivity (Wildman–Crippen MR) is 130 cm³/mol. The van der Waals surface area contributed by atoms with E-state index in [2.05, 4.69) is 0 Å². The van der Waals surface area contributed by atoms with Crippen molar-refractivity contribution in [1.82, 2.24) is 0 Å². The summed E-state index contributed by atoms with van der Waals surface area (Å²) in [6.07, 6.45) is 0.462. The molecular formula is C28H32O8. The van der Waals surface area contributed by atoms with Crippen LogP contribution >= 0.6 is 0 Å². The van der Waals surface area contributed by atoms with Gasteiger partial charge in [0.15, 0.2) is 11.4 Å². The number of Topliss-reactive ketones (excluding diaryl/α,β-unsaturated/α-hetero) is 4. The van der Waals surface area contributed by atoms with Gasteiger partial charge in [-0.3, -0.25) is 19.2 Å². The van der Waals surface area contributed by atoms with Gasteiger partial charge in [-0.1, -0.05) is 38.0 Å². The van der Waals surface area contributed by atoms with Crippen LogP contribution in [0.2, 0.25) is 0 Å². The Bertz CT molecular complexity index is 1250. The Morgan fingerprint density at radius 3 is 2.42 bits per heavy atom. The molecule has 0 heterocycles. The van der Waals surface area contributed by atoms with Gasteiger partial charge in [-0.2, -0.15) is 0 Å². The summed E-state index contributed by atoms with van der Waals surface area (Å²) >= 11 is 0. The number of hydrogen-bond donors (Lipinski definition) is 4. The second kappa shape index (κ2) is 9.09. The smallest absolute Gasteiger partial charge is 0.206 e. The lowest BCUT2D eigenvalue weighted by molar-refractivity contribution is -0.167. The molecule has 0 aliphatic heterocycles. The first-order chi connectivity index (χ1) is 16.9. The first kappa shape index (κ1) is 26.0. The van der Waals surface area contributed by atoms with Crippen molar-refractivity contribution in [2.45, 2.75) is 77.4 Å². The third kappa shape index (κ3) is 3.58. The van der Waals surface area contributed by atoms with Crippen LogP contribution in [0.1, 0.15) is 76.0 Å². The Morgan fingerprint density at radius 1 is 1.14 bits per heavy atom. The molecule has 8 nitrogen and oxygen atoms in total. The van der Waals surface area contributed by atoms with Gasteiger partial charge >= 0.3 is 0 Å². The van der Waals surface area contributed by atoms with Crippen LogP contribution in [0.25, 0.3) is 5.76 Å². The van der Waals surface area contributed by atoms with E-state index in [0.717, 1.165) is 12.8 Å². The third-order valence-electron chi connectivity index (χ3n) is 8.13. The highest BCUT2D eigenvalue weighted by Crippen LogP contribution is 2.55. The summed E-state index contributed by atoms with van der Waals surface area (Å²) in [5, 5.41) is 45.1. The molecule has 4 N–H and O–H groups in total. The van der Waals surface area contributed by atoms with Crippen LogP contribution < -0.4 is 0 Å². The van der Waals surface area contributed by atoms with Crippen molar-refractivity contribution in [2.75, 3.05) is 0 Å². The van der Waals surface area contributed by atoms with Crippen LogP contribution in [0, 0.1) is 11.8 Å². The van der Waals surface area contributed by atoms with Crippen LogP contribution in [0.15, 0.2) is 28.9 Å². The van der Waals surface area contributed by atoms with Crippen LogP contribution in [0.3, 0.4) is 0 Å². The van der Waals surface area contributed by atoms with E-state index in [1.54, 1.807) is 26.0 Å². The minimum absolute atomic E-state index is 0.0295. The van der Waals surface area contributed by atoms with Gasteiger partial charge in [-0.15, -0.1) is 0 Å². The lowest BCUT2D eigenvalue weighted by atomic mass is 9.54. The molecule has 0 spiro atoms. The number of phenols is 1. The molecule has 1 fully saturated rings. The number of aromatic hydroxyl groups is 1. The van der Waals surface area contributed by atoms with Gasteiger partial charge in [0, 0.05) is 35.8 Å². The molecule has 0 bridgehead atoms. The zero-order valence-corrected chi connectivity index (χ0v) is 20.9. The molecular weight excluding hydrogens is 464 g/mol. The Labute approximate surface area is 209 Å². The lowest BCUT2D eigenvalue weighted by Crippen LogP contribution is -2.66. The van der Waals surface area contributed by atoms with E-state index < -0.39 is 52.6 Å². The second-order valence-corrected chi connectivity index (χ2v) is 10.4. The maximum Gasteiger partial charge on any atom is 0.206 e. The number of unbranched alkanes of at least 4 members (excludes halogenated alkanes) is 1. The Kier molecular flexibility index (Phi) is 6.56. The lowest BCUT2D eigenvalue weighted by Gasteiger charge is -2.50. The van der Waals surface area contributed by atoms with Gasteiger partial charge in [0.1, 0.15) is 17.3 Å². The molecule has 0 saturated heterocycles. The maximum atomic E-state index is 13.7. The summed E-state index contributed by atoms with van der Waals surface area (Å²) < 4.78 is 0. The number of allylic oxidation sites excluding steroid dienone is 1. The summed E-state index contributed by atoms with van der Waals surface area (Å²) in [6.45, 7) is 6.43. The third-order valence-corrected chi connectivity index (χ3v) is 8.13. The summed E-state index contributed by atoms with van der Waals surface area (Å²) in [5.74, 6) is -6.48. The highest BCUT2D eigenvalue weighted by atomic mass is 16.3. The van der Waals surface area contributed by atoms with E-state index in [4.69, 9.17) is 0 Å². The van der Waals surface area contributed by atoms with E-state index in [1.807, 2.05) is 6.92 Å². The largest absolute Gasteiger partial charge is 0.507 e. The molecule has 1 saturated carbocycles. The van der Waals surface area contributed by atoms with E-state index in [-0.39, 0.29) is 41.1 Å². The molecule has 4 rings (SSSR count). The van der Waals surface area contributed by atoms with Crippen LogP contribution in [0.4, 0.5) is 0 Å². The monoisotopic (exact) mass is 496 g/mol. The molecule has 36 heavy (non-hydrogen) atoms. The van der Waals surface area contributed by atoms with Crippen LogP contribution in [0.5, 0.6) is 5.75 Å². The number of phenolic OH excluding ortho intramolecular Hbond substituents is 1. The van der Waals surface area contributed by atoms with Crippen molar-refractivity contribution >= 4 is 28.9 Å². The summed E-state index contributed by atoms with van der Waals surface area (Å²) in [7, 11) is 0. The summed E-state index contributed by atoms with van der Waals surface area (Å²) in [6, 6.07) is 3.27. The predicted octanol–water partition coefficient (Wildman–Crippen LogP) is 2.87. The molecule has 1 aromatic carbocycles. The highest BCUT2D eigenvalue weighted by molar-refractivity contribution is 6.33. The quantitative estimate of drug-likeness (QED) is 0.347. The second-order valence-electron chi connectivity index (χ2n) is 10.4. The fourth-order valence-corrected chi connectivity index (χ4v) is 6.24. The number of ketones is 4. The number of carbonyl (C=O) groups excluding carboxylic acids is 4.